The maximum absolute atomic E-state index is 2.56. The second kappa shape index (κ2) is 3.98. The maximum atomic E-state index is 2.56. The monoisotopic (exact) mass is 361 g/mol. The number of nitrogens with zero attached hydrogens (tertiary/aromatic N) is 1. The first-order valence-electron chi connectivity index (χ1n) is 6.80. The fourth-order valence-electron chi connectivity index (χ4n) is 3.87. The Hall–Kier alpha value is -1.03. The number of para-hydroxylation sites is 2. The van der Waals surface area contributed by atoms with E-state index in [1.54, 1.807) is 0 Å². The predicted octanol–water partition coefficient (Wildman–Crippen LogP) is 4.65. The molecule has 3 heterocycles. The summed E-state index contributed by atoms with van der Waals surface area (Å²) in [6.45, 7) is 2.42. The summed E-state index contributed by atoms with van der Waals surface area (Å²) < 4.78 is 1.18. The van der Waals surface area contributed by atoms with Crippen molar-refractivity contribution < 1.29 is 0 Å². The van der Waals surface area contributed by atoms with Crippen molar-refractivity contribution in [1.82, 2.24) is 0 Å². The zero-order chi connectivity index (χ0) is 13.0. The van der Waals surface area contributed by atoms with Gasteiger partial charge in [-0.05, 0) is 29.7 Å². The molecule has 1 atom stereocenters. The van der Waals surface area contributed by atoms with E-state index in [1.165, 1.54) is 33.4 Å². The van der Waals surface area contributed by atoms with Crippen LogP contribution in [0.3, 0.4) is 0 Å². The molecule has 2 aromatic rings. The molecule has 3 aliphatic rings. The van der Waals surface area contributed by atoms with Gasteiger partial charge in [0.05, 0.1) is 0 Å². The van der Waals surface area contributed by atoms with Gasteiger partial charge in [-0.1, -0.05) is 65.9 Å². The van der Waals surface area contributed by atoms with Crippen LogP contribution in [0.15, 0.2) is 48.5 Å². The molecule has 0 spiro atoms. The molecule has 0 aliphatic carbocycles. The fraction of sp³-hybridized carbons (Fsp3) is 0.294. The van der Waals surface area contributed by atoms with Crippen molar-refractivity contribution in [3.63, 3.8) is 0 Å². The second-order valence-electron chi connectivity index (χ2n) is 5.75. The molecule has 0 aromatic heterocycles. The molecule has 0 saturated carbocycles. The smallest absolute Gasteiger partial charge is 0.0455 e. The Morgan fingerprint density at radius 3 is 2.11 bits per heavy atom. The third-order valence-electron chi connectivity index (χ3n) is 4.70. The highest BCUT2D eigenvalue weighted by atomic mass is 127. The summed E-state index contributed by atoms with van der Waals surface area (Å²) in [4.78, 5) is 2.56. The van der Waals surface area contributed by atoms with E-state index in [4.69, 9.17) is 0 Å². The van der Waals surface area contributed by atoms with Crippen LogP contribution in [-0.4, -0.2) is 10.5 Å². The number of halogens is 1. The Bertz CT molecular complexity index is 602. The molecule has 1 nitrogen and oxygen atoms in total. The second-order valence-corrected chi connectivity index (χ2v) is 6.63. The highest BCUT2D eigenvalue weighted by Crippen LogP contribution is 2.56. The molecule has 19 heavy (non-hydrogen) atoms. The molecule has 2 heteroatoms. The molecule has 5 rings (SSSR count). The third-order valence-corrected chi connectivity index (χ3v) is 5.72. The molecular weight excluding hydrogens is 345 g/mol. The van der Waals surface area contributed by atoms with Gasteiger partial charge in [-0.15, -0.1) is 0 Å². The molecule has 2 bridgehead atoms. The number of alkyl halides is 1. The van der Waals surface area contributed by atoms with Gasteiger partial charge in [-0.2, -0.15) is 0 Å². The Morgan fingerprint density at radius 2 is 1.58 bits per heavy atom. The van der Waals surface area contributed by atoms with E-state index in [1.807, 2.05) is 0 Å². The number of anilines is 2. The van der Waals surface area contributed by atoms with Crippen molar-refractivity contribution in [2.45, 2.75) is 24.8 Å². The van der Waals surface area contributed by atoms with E-state index in [0.717, 1.165) is 0 Å². The van der Waals surface area contributed by atoms with E-state index in [-0.39, 0.29) is 5.41 Å². The largest absolute Gasteiger partial charge is 0.337 e. The van der Waals surface area contributed by atoms with Gasteiger partial charge in [0, 0.05) is 27.3 Å². The van der Waals surface area contributed by atoms with Crippen LogP contribution in [0.2, 0.25) is 0 Å². The van der Waals surface area contributed by atoms with Gasteiger partial charge in [0.25, 0.3) is 0 Å². The molecule has 0 fully saturated rings. The molecule has 0 N–H and O–H groups in total. The molecule has 0 radical (unpaired) electrons. The number of fused-ring (bicyclic) bond motifs is 1. The predicted molar refractivity (Wildman–Crippen MR) is 88.8 cm³/mol. The average Bonchev–Trinajstić information content (AvgIpc) is 2.47. The minimum atomic E-state index is 0.178. The SMILES string of the molecule is CC12C[C@@H](CI)N(c3ccccc31)c1ccccc12. The van der Waals surface area contributed by atoms with Crippen LogP contribution in [-0.2, 0) is 5.41 Å². The van der Waals surface area contributed by atoms with Crippen molar-refractivity contribution in [3.8, 4) is 0 Å². The topological polar surface area (TPSA) is 3.24 Å². The lowest BCUT2D eigenvalue weighted by atomic mass is 9.65. The summed E-state index contributed by atoms with van der Waals surface area (Å²) >= 11 is 2.53. The third kappa shape index (κ3) is 1.41. The lowest BCUT2D eigenvalue weighted by molar-refractivity contribution is 0.423. The number of hydrogen-bond donors (Lipinski definition) is 0. The quantitative estimate of drug-likeness (QED) is 0.528. The summed E-state index contributed by atoms with van der Waals surface area (Å²) in [6, 6.07) is 18.5. The maximum Gasteiger partial charge on any atom is 0.0455 e. The minimum absolute atomic E-state index is 0.178. The average molecular weight is 361 g/mol. The summed E-state index contributed by atoms with van der Waals surface area (Å²) in [5.74, 6) is 0. The molecular formula is C17H16IN. The lowest BCUT2D eigenvalue weighted by Gasteiger charge is -2.53. The van der Waals surface area contributed by atoms with Crippen LogP contribution < -0.4 is 4.90 Å². The molecule has 3 aliphatic heterocycles. The standard InChI is InChI=1S/C17H16IN/c1-17-10-12(11-18)19(15-8-4-2-6-13(15)17)16-9-5-3-7-14(16)17/h2-9,12H,10-11H2,1H3/t12-/m0/s1. The molecule has 0 saturated heterocycles. The first-order valence-corrected chi connectivity index (χ1v) is 8.32. The van der Waals surface area contributed by atoms with Gasteiger partial charge in [-0.3, -0.25) is 0 Å². The van der Waals surface area contributed by atoms with E-state index >= 15 is 0 Å². The van der Waals surface area contributed by atoms with Gasteiger partial charge < -0.3 is 4.90 Å². The molecule has 0 unspecified atom stereocenters. The van der Waals surface area contributed by atoms with Gasteiger partial charge in [0.15, 0.2) is 0 Å². The fourth-order valence-corrected chi connectivity index (χ4v) is 4.58. The summed E-state index contributed by atoms with van der Waals surface area (Å²) in [5, 5.41) is 0. The summed E-state index contributed by atoms with van der Waals surface area (Å²) in [5.41, 5.74) is 6.00. The van der Waals surface area contributed by atoms with Crippen molar-refractivity contribution in [1.29, 1.82) is 0 Å². The number of benzene rings is 2. The van der Waals surface area contributed by atoms with Crippen LogP contribution in [0.4, 0.5) is 11.4 Å². The van der Waals surface area contributed by atoms with Crippen LogP contribution >= 0.6 is 22.6 Å². The molecule has 96 valence electrons. The van der Waals surface area contributed by atoms with Gasteiger partial charge in [0.1, 0.15) is 0 Å². The van der Waals surface area contributed by atoms with E-state index in [2.05, 4.69) is 82.9 Å². The van der Waals surface area contributed by atoms with E-state index < -0.39 is 0 Å². The van der Waals surface area contributed by atoms with E-state index in [0.29, 0.717) is 6.04 Å². The molecule has 2 aromatic carbocycles. The van der Waals surface area contributed by atoms with Crippen molar-refractivity contribution in [3.05, 3.63) is 59.7 Å². The zero-order valence-corrected chi connectivity index (χ0v) is 13.1. The zero-order valence-electron chi connectivity index (χ0n) is 10.9. The van der Waals surface area contributed by atoms with Crippen LogP contribution in [0.5, 0.6) is 0 Å². The van der Waals surface area contributed by atoms with Gasteiger partial charge in [0.2, 0.25) is 0 Å². The Labute approximate surface area is 127 Å². The highest BCUT2D eigenvalue weighted by molar-refractivity contribution is 14.1. The van der Waals surface area contributed by atoms with Crippen molar-refractivity contribution in [2.75, 3.05) is 9.33 Å². The Kier molecular flexibility index (Phi) is 2.47. The highest BCUT2D eigenvalue weighted by Gasteiger charge is 2.47. The van der Waals surface area contributed by atoms with Crippen LogP contribution in [0.1, 0.15) is 24.5 Å². The van der Waals surface area contributed by atoms with Crippen molar-refractivity contribution >= 4 is 34.0 Å². The summed E-state index contributed by atoms with van der Waals surface area (Å²) in [7, 11) is 0. The number of rotatable bonds is 1. The van der Waals surface area contributed by atoms with Crippen LogP contribution in [0, 0.1) is 0 Å². The van der Waals surface area contributed by atoms with Crippen LogP contribution in [0.25, 0.3) is 0 Å². The van der Waals surface area contributed by atoms with Crippen molar-refractivity contribution in [2.24, 2.45) is 0 Å². The lowest BCUT2D eigenvalue weighted by Crippen LogP contribution is -2.50. The van der Waals surface area contributed by atoms with E-state index in [9.17, 15) is 0 Å². The van der Waals surface area contributed by atoms with Gasteiger partial charge >= 0.3 is 0 Å². The first-order chi connectivity index (χ1) is 9.25. The summed E-state index contributed by atoms with van der Waals surface area (Å²) in [6.07, 6.45) is 1.23. The normalized spacial score (nSPS) is 27.1. The first kappa shape index (κ1) is 11.8. The minimum Gasteiger partial charge on any atom is -0.337 e. The molecule has 0 amide bonds. The Balaban J connectivity index is 2.07. The number of hydrogen-bond acceptors (Lipinski definition) is 1. The Morgan fingerprint density at radius 1 is 1.05 bits per heavy atom. The van der Waals surface area contributed by atoms with Gasteiger partial charge in [-0.25, -0.2) is 0 Å².